The Balaban J connectivity index is 4.61. The molecule has 0 saturated carbocycles. The molecule has 122 valence electrons. The fraction of sp³-hybridized carbons (Fsp3) is 1.00. The molecule has 0 saturated heterocycles. The van der Waals surface area contributed by atoms with Gasteiger partial charge in [-0.3, -0.25) is 9.80 Å². The summed E-state index contributed by atoms with van der Waals surface area (Å²) in [7, 11) is 1.98. The van der Waals surface area contributed by atoms with Gasteiger partial charge in [-0.05, 0) is 20.0 Å². The van der Waals surface area contributed by atoms with E-state index in [0.717, 1.165) is 45.7 Å². The van der Waals surface area contributed by atoms with Gasteiger partial charge in [-0.15, -0.1) is 0 Å². The largest absolute Gasteiger partial charge is 0.329 e. The number of nitrogens with two attached hydrogens (primary N) is 4. The second-order valence-electron chi connectivity index (χ2n) is 5.04. The van der Waals surface area contributed by atoms with Crippen LogP contribution in [0.15, 0.2) is 0 Å². The first-order valence-electron chi connectivity index (χ1n) is 7.64. The molecule has 0 aliphatic carbocycles. The summed E-state index contributed by atoms with van der Waals surface area (Å²) < 4.78 is 0. The average Bonchev–Trinajstić information content (AvgIpc) is 2.43. The van der Waals surface area contributed by atoms with Crippen LogP contribution in [0.2, 0.25) is 0 Å². The van der Waals surface area contributed by atoms with Crippen LogP contribution in [0, 0.1) is 0 Å². The van der Waals surface area contributed by atoms with Crippen molar-refractivity contribution in [3.63, 3.8) is 0 Å². The Bertz CT molecular complexity index is 191. The summed E-state index contributed by atoms with van der Waals surface area (Å²) in [6, 6.07) is 0.438. The Kier molecular flexibility index (Phi) is 13.5. The molecule has 0 aromatic carbocycles. The molecule has 0 rings (SSSR count). The summed E-state index contributed by atoms with van der Waals surface area (Å²) in [4.78, 5) is 4.72. The molecule has 0 amide bonds. The lowest BCUT2D eigenvalue weighted by molar-refractivity contribution is 0.139. The lowest BCUT2D eigenvalue weighted by atomic mass is 10.1. The first-order chi connectivity index (χ1) is 9.73. The molecule has 0 heterocycles. The maximum atomic E-state index is 5.72. The van der Waals surface area contributed by atoms with Crippen molar-refractivity contribution in [3.05, 3.63) is 0 Å². The quantitative estimate of drug-likeness (QED) is 0.238. The third-order valence-electron chi connectivity index (χ3n) is 3.44. The highest BCUT2D eigenvalue weighted by Crippen LogP contribution is 2.06. The first kappa shape index (κ1) is 19.7. The molecule has 9 N–H and O–H groups in total. The maximum absolute atomic E-state index is 5.72. The topological polar surface area (TPSA) is 123 Å². The molecule has 0 radical (unpaired) electrons. The number of nitrogens with one attached hydrogen (secondary N) is 1. The van der Waals surface area contributed by atoms with Gasteiger partial charge in [-0.2, -0.15) is 0 Å². The predicted molar refractivity (Wildman–Crippen MR) is 86.6 cm³/mol. The Hall–Kier alpha value is -0.280. The second kappa shape index (κ2) is 13.7. The summed E-state index contributed by atoms with van der Waals surface area (Å²) in [6.07, 6.45) is 1.07. The van der Waals surface area contributed by atoms with Crippen molar-refractivity contribution >= 4 is 0 Å². The summed E-state index contributed by atoms with van der Waals surface area (Å²) in [5, 5.41) is 3.22. The summed E-state index contributed by atoms with van der Waals surface area (Å²) >= 11 is 0. The zero-order valence-electron chi connectivity index (χ0n) is 13.1. The summed E-state index contributed by atoms with van der Waals surface area (Å²) in [5.41, 5.74) is 22.8. The minimum absolute atomic E-state index is 0.438. The van der Waals surface area contributed by atoms with Gasteiger partial charge in [-0.1, -0.05) is 0 Å². The maximum Gasteiger partial charge on any atom is 0.0236 e. The number of nitrogens with zero attached hydrogens (tertiary/aromatic N) is 2. The molecule has 7 nitrogen and oxygen atoms in total. The molecule has 7 heteroatoms. The normalized spacial score (nSPS) is 13.3. The van der Waals surface area contributed by atoms with Gasteiger partial charge in [0.1, 0.15) is 0 Å². The van der Waals surface area contributed by atoms with E-state index in [1.54, 1.807) is 0 Å². The van der Waals surface area contributed by atoms with Crippen LogP contribution in [0.4, 0.5) is 0 Å². The van der Waals surface area contributed by atoms with E-state index in [9.17, 15) is 0 Å². The van der Waals surface area contributed by atoms with Gasteiger partial charge in [0, 0.05) is 64.9 Å². The highest BCUT2D eigenvalue weighted by Gasteiger charge is 2.19. The molecule has 1 atom stereocenters. The van der Waals surface area contributed by atoms with E-state index in [2.05, 4.69) is 15.1 Å². The molecular formula is C13H35N7. The van der Waals surface area contributed by atoms with Crippen molar-refractivity contribution < 1.29 is 0 Å². The Labute approximate surface area is 124 Å². The lowest BCUT2D eigenvalue weighted by Gasteiger charge is -2.35. The van der Waals surface area contributed by atoms with Crippen LogP contribution < -0.4 is 28.3 Å². The second-order valence-corrected chi connectivity index (χ2v) is 5.04. The minimum Gasteiger partial charge on any atom is -0.329 e. The Morgan fingerprint density at radius 2 is 1.35 bits per heavy atom. The standard InChI is InChI=1S/C13H35N7/c1-18-7-2-13(20(10-5-16)11-6-17)12-19(8-3-14)9-4-15/h13,18H,2-12,14-17H2,1H3. The van der Waals surface area contributed by atoms with Crippen LogP contribution in [0.5, 0.6) is 0 Å². The van der Waals surface area contributed by atoms with Crippen LogP contribution in [0.25, 0.3) is 0 Å². The fourth-order valence-electron chi connectivity index (χ4n) is 2.47. The number of hydrogen-bond donors (Lipinski definition) is 5. The zero-order valence-corrected chi connectivity index (χ0v) is 13.1. The third-order valence-corrected chi connectivity index (χ3v) is 3.44. The first-order valence-corrected chi connectivity index (χ1v) is 7.64. The molecule has 0 aliphatic heterocycles. The molecule has 1 unspecified atom stereocenters. The van der Waals surface area contributed by atoms with Crippen molar-refractivity contribution in [1.29, 1.82) is 0 Å². The van der Waals surface area contributed by atoms with Crippen molar-refractivity contribution in [2.75, 3.05) is 72.5 Å². The Morgan fingerprint density at radius 3 is 1.75 bits per heavy atom. The zero-order chi connectivity index (χ0) is 15.2. The van der Waals surface area contributed by atoms with Crippen LogP contribution in [-0.2, 0) is 0 Å². The smallest absolute Gasteiger partial charge is 0.0236 e. The van der Waals surface area contributed by atoms with Gasteiger partial charge < -0.3 is 28.3 Å². The summed E-state index contributed by atoms with van der Waals surface area (Å²) in [5.74, 6) is 0. The van der Waals surface area contributed by atoms with Gasteiger partial charge in [0.2, 0.25) is 0 Å². The van der Waals surface area contributed by atoms with Gasteiger partial charge in [0.05, 0.1) is 0 Å². The SMILES string of the molecule is CNCCC(CN(CCN)CCN)N(CCN)CCN. The molecule has 0 fully saturated rings. The van der Waals surface area contributed by atoms with Gasteiger partial charge in [-0.25, -0.2) is 0 Å². The van der Waals surface area contributed by atoms with E-state index in [1.165, 1.54) is 0 Å². The predicted octanol–water partition coefficient (Wildman–Crippen LogP) is -2.60. The van der Waals surface area contributed by atoms with Crippen molar-refractivity contribution in [2.24, 2.45) is 22.9 Å². The lowest BCUT2D eigenvalue weighted by Crippen LogP contribution is -2.50. The van der Waals surface area contributed by atoms with Crippen molar-refractivity contribution in [3.8, 4) is 0 Å². The molecule has 0 aliphatic rings. The van der Waals surface area contributed by atoms with Crippen molar-refractivity contribution in [2.45, 2.75) is 12.5 Å². The van der Waals surface area contributed by atoms with Gasteiger partial charge in [0.15, 0.2) is 0 Å². The molecule has 0 bridgehead atoms. The molecule has 0 aromatic heterocycles. The van der Waals surface area contributed by atoms with E-state index in [4.69, 9.17) is 22.9 Å². The minimum atomic E-state index is 0.438. The van der Waals surface area contributed by atoms with Crippen LogP contribution in [0.1, 0.15) is 6.42 Å². The van der Waals surface area contributed by atoms with E-state index in [-0.39, 0.29) is 0 Å². The Morgan fingerprint density at radius 1 is 0.850 bits per heavy atom. The molecule has 0 aromatic rings. The fourth-order valence-corrected chi connectivity index (χ4v) is 2.47. The van der Waals surface area contributed by atoms with Crippen LogP contribution in [0.3, 0.4) is 0 Å². The van der Waals surface area contributed by atoms with E-state index in [0.29, 0.717) is 32.2 Å². The third kappa shape index (κ3) is 8.80. The monoisotopic (exact) mass is 289 g/mol. The van der Waals surface area contributed by atoms with Crippen LogP contribution in [-0.4, -0.2) is 88.3 Å². The molecular weight excluding hydrogens is 254 g/mol. The van der Waals surface area contributed by atoms with Crippen LogP contribution >= 0.6 is 0 Å². The van der Waals surface area contributed by atoms with Gasteiger partial charge in [0.25, 0.3) is 0 Å². The van der Waals surface area contributed by atoms with E-state index in [1.807, 2.05) is 7.05 Å². The van der Waals surface area contributed by atoms with Gasteiger partial charge >= 0.3 is 0 Å². The molecule has 20 heavy (non-hydrogen) atoms. The number of rotatable bonds is 14. The van der Waals surface area contributed by atoms with Crippen molar-refractivity contribution in [1.82, 2.24) is 15.1 Å². The average molecular weight is 289 g/mol. The molecule has 0 spiro atoms. The summed E-state index contributed by atoms with van der Waals surface area (Å²) in [6.45, 7) is 8.10. The van der Waals surface area contributed by atoms with E-state index >= 15 is 0 Å². The highest BCUT2D eigenvalue weighted by molar-refractivity contribution is 4.78. The van der Waals surface area contributed by atoms with E-state index < -0.39 is 0 Å². The highest BCUT2D eigenvalue weighted by atomic mass is 15.2. The number of hydrogen-bond acceptors (Lipinski definition) is 7.